The summed E-state index contributed by atoms with van der Waals surface area (Å²) in [7, 11) is 0. The molecule has 1 aromatic carbocycles. The van der Waals surface area contributed by atoms with E-state index in [1.54, 1.807) is 11.8 Å². The van der Waals surface area contributed by atoms with Crippen molar-refractivity contribution in [1.29, 1.82) is 0 Å². The highest BCUT2D eigenvalue weighted by Gasteiger charge is 2.20. The summed E-state index contributed by atoms with van der Waals surface area (Å²) in [5, 5.41) is 9.87. The monoisotopic (exact) mass is 329 g/mol. The number of carbonyl (C=O) groups is 1. The van der Waals surface area contributed by atoms with Gasteiger partial charge in [0.15, 0.2) is 0 Å². The molecule has 0 fully saturated rings. The highest BCUT2D eigenvalue weighted by Crippen LogP contribution is 2.27. The average molecular weight is 330 g/mol. The molecule has 3 nitrogen and oxygen atoms in total. The fraction of sp³-hybridized carbons (Fsp3) is 0.562. The lowest BCUT2D eigenvalue weighted by molar-refractivity contribution is -0.133. The lowest BCUT2D eigenvalue weighted by Crippen LogP contribution is -2.41. The minimum atomic E-state index is 0.0138. The number of amides is 1. The number of benzene rings is 1. The molecule has 0 atom stereocenters. The van der Waals surface area contributed by atoms with Gasteiger partial charge in [0.05, 0.1) is 11.6 Å². The van der Waals surface area contributed by atoms with Gasteiger partial charge in [-0.25, -0.2) is 0 Å². The largest absolute Gasteiger partial charge is 0.395 e. The van der Waals surface area contributed by atoms with E-state index in [1.165, 1.54) is 0 Å². The molecule has 0 heterocycles. The van der Waals surface area contributed by atoms with Crippen molar-refractivity contribution in [1.82, 2.24) is 4.90 Å². The van der Waals surface area contributed by atoms with Gasteiger partial charge in [-0.3, -0.25) is 4.79 Å². The molecule has 0 bridgehead atoms. The molecule has 21 heavy (non-hydrogen) atoms. The van der Waals surface area contributed by atoms with Crippen LogP contribution in [0.4, 0.5) is 0 Å². The second-order valence-electron chi connectivity index (χ2n) is 4.81. The second kappa shape index (κ2) is 10.1. The maximum atomic E-state index is 12.3. The molecule has 0 aliphatic rings. The molecule has 0 aromatic heterocycles. The maximum absolute atomic E-state index is 12.3. The van der Waals surface area contributed by atoms with E-state index in [4.69, 9.17) is 16.7 Å². The van der Waals surface area contributed by atoms with Crippen LogP contribution in [0.3, 0.4) is 0 Å². The molecule has 1 amide bonds. The first-order valence-corrected chi connectivity index (χ1v) is 8.78. The van der Waals surface area contributed by atoms with Gasteiger partial charge in [-0.2, -0.15) is 0 Å². The van der Waals surface area contributed by atoms with E-state index < -0.39 is 0 Å². The molecule has 5 heteroatoms. The number of aliphatic hydroxyl groups is 1. The Bertz CT molecular complexity index is 438. The van der Waals surface area contributed by atoms with Crippen LogP contribution >= 0.6 is 23.4 Å². The van der Waals surface area contributed by atoms with E-state index in [-0.39, 0.29) is 18.6 Å². The van der Waals surface area contributed by atoms with Crippen LogP contribution in [-0.2, 0) is 4.79 Å². The molecule has 1 rings (SSSR count). The predicted molar refractivity (Wildman–Crippen MR) is 90.0 cm³/mol. The molecule has 0 aliphatic heterocycles. The lowest BCUT2D eigenvalue weighted by Gasteiger charge is -2.30. The first-order chi connectivity index (χ1) is 10.1. The third kappa shape index (κ3) is 5.89. The molecule has 1 N–H and O–H groups in total. The zero-order valence-electron chi connectivity index (χ0n) is 12.7. The van der Waals surface area contributed by atoms with Crippen molar-refractivity contribution >= 4 is 29.3 Å². The van der Waals surface area contributed by atoms with E-state index >= 15 is 0 Å². The summed E-state index contributed by atoms with van der Waals surface area (Å²) in [4.78, 5) is 15.2. The first-order valence-electron chi connectivity index (χ1n) is 7.41. The minimum Gasteiger partial charge on any atom is -0.395 e. The number of thioether (sulfide) groups is 1. The number of halogens is 1. The fourth-order valence-electron chi connectivity index (χ4n) is 2.30. The van der Waals surface area contributed by atoms with Crippen molar-refractivity contribution in [3.63, 3.8) is 0 Å². The number of hydrogen-bond donors (Lipinski definition) is 1. The van der Waals surface area contributed by atoms with Crippen molar-refractivity contribution in [2.75, 3.05) is 18.9 Å². The van der Waals surface area contributed by atoms with Crippen LogP contribution in [0, 0.1) is 0 Å². The van der Waals surface area contributed by atoms with Gasteiger partial charge in [0.2, 0.25) is 5.91 Å². The molecule has 0 unspecified atom stereocenters. The van der Waals surface area contributed by atoms with Crippen LogP contribution in [0.25, 0.3) is 0 Å². The van der Waals surface area contributed by atoms with Crippen LogP contribution < -0.4 is 0 Å². The van der Waals surface area contributed by atoms with Gasteiger partial charge < -0.3 is 10.0 Å². The van der Waals surface area contributed by atoms with Gasteiger partial charge in [0.25, 0.3) is 0 Å². The van der Waals surface area contributed by atoms with Gasteiger partial charge in [-0.05, 0) is 25.0 Å². The van der Waals surface area contributed by atoms with Crippen molar-refractivity contribution in [3.05, 3.63) is 29.3 Å². The quantitative estimate of drug-likeness (QED) is 0.700. The summed E-state index contributed by atoms with van der Waals surface area (Å²) < 4.78 is 0. The minimum absolute atomic E-state index is 0.0138. The Balaban J connectivity index is 2.52. The van der Waals surface area contributed by atoms with Crippen LogP contribution in [0.2, 0.25) is 5.02 Å². The van der Waals surface area contributed by atoms with Crippen molar-refractivity contribution in [2.24, 2.45) is 0 Å². The molecule has 118 valence electrons. The number of rotatable bonds is 9. The Morgan fingerprint density at radius 1 is 1.33 bits per heavy atom. The Morgan fingerprint density at radius 2 is 2.00 bits per heavy atom. The van der Waals surface area contributed by atoms with Gasteiger partial charge in [0, 0.05) is 29.7 Å². The third-order valence-corrected chi connectivity index (χ3v) is 4.97. The van der Waals surface area contributed by atoms with E-state index in [1.807, 2.05) is 29.2 Å². The van der Waals surface area contributed by atoms with Gasteiger partial charge >= 0.3 is 0 Å². The van der Waals surface area contributed by atoms with E-state index in [0.29, 0.717) is 18.7 Å². The smallest absolute Gasteiger partial charge is 0.223 e. The zero-order chi connectivity index (χ0) is 15.7. The Kier molecular flexibility index (Phi) is 8.81. The lowest BCUT2D eigenvalue weighted by atomic mass is 10.1. The van der Waals surface area contributed by atoms with Crippen LogP contribution in [0.1, 0.15) is 33.1 Å². The zero-order valence-corrected chi connectivity index (χ0v) is 14.3. The second-order valence-corrected chi connectivity index (χ2v) is 6.35. The number of carbonyl (C=O) groups excluding carboxylic acids is 1. The fourth-order valence-corrected chi connectivity index (χ4v) is 3.48. The van der Waals surface area contributed by atoms with Crippen molar-refractivity contribution in [2.45, 2.75) is 44.0 Å². The van der Waals surface area contributed by atoms with Crippen LogP contribution in [-0.4, -0.2) is 40.9 Å². The highest BCUT2D eigenvalue weighted by molar-refractivity contribution is 7.99. The van der Waals surface area contributed by atoms with Crippen LogP contribution in [0.5, 0.6) is 0 Å². The molecule has 0 saturated carbocycles. The van der Waals surface area contributed by atoms with Crippen molar-refractivity contribution < 1.29 is 9.90 Å². The summed E-state index contributed by atoms with van der Waals surface area (Å²) in [5.41, 5.74) is 0. The summed E-state index contributed by atoms with van der Waals surface area (Å²) in [6, 6.07) is 7.87. The third-order valence-electron chi connectivity index (χ3n) is 3.45. The molecule has 0 spiro atoms. The topological polar surface area (TPSA) is 40.5 Å². The Morgan fingerprint density at radius 3 is 2.57 bits per heavy atom. The number of aliphatic hydroxyl groups excluding tert-OH is 1. The summed E-state index contributed by atoms with van der Waals surface area (Å²) in [6.45, 7) is 4.58. The van der Waals surface area contributed by atoms with E-state index in [0.717, 1.165) is 22.8 Å². The Hall–Kier alpha value is -0.710. The average Bonchev–Trinajstić information content (AvgIpc) is 2.49. The predicted octanol–water partition coefficient (Wildman–Crippen LogP) is 3.83. The summed E-state index contributed by atoms with van der Waals surface area (Å²) in [5.74, 6) is 0.808. The van der Waals surface area contributed by atoms with Crippen molar-refractivity contribution in [3.8, 4) is 0 Å². The van der Waals surface area contributed by atoms with Gasteiger partial charge in [-0.1, -0.05) is 37.6 Å². The van der Waals surface area contributed by atoms with Gasteiger partial charge in [0.1, 0.15) is 0 Å². The summed E-state index contributed by atoms with van der Waals surface area (Å²) in [6.07, 6.45) is 2.30. The van der Waals surface area contributed by atoms with Crippen LogP contribution in [0.15, 0.2) is 29.2 Å². The molecule has 0 saturated heterocycles. The number of hydrogen-bond acceptors (Lipinski definition) is 3. The molecule has 0 aliphatic carbocycles. The molecule has 0 radical (unpaired) electrons. The van der Waals surface area contributed by atoms with E-state index in [2.05, 4.69) is 13.8 Å². The SMILES string of the molecule is CCC(CC)N(CCO)C(=O)CCSc1ccccc1Cl. The molecular formula is C16H24ClNO2S. The van der Waals surface area contributed by atoms with Gasteiger partial charge in [-0.15, -0.1) is 11.8 Å². The normalized spacial score (nSPS) is 10.9. The maximum Gasteiger partial charge on any atom is 0.223 e. The highest BCUT2D eigenvalue weighted by atomic mass is 35.5. The molecule has 1 aromatic rings. The Labute approximate surface area is 136 Å². The van der Waals surface area contributed by atoms with E-state index in [9.17, 15) is 4.79 Å². The molecular weight excluding hydrogens is 306 g/mol. The standard InChI is InChI=1S/C16H24ClNO2S/c1-3-13(4-2)18(10-11-19)16(20)9-12-21-15-8-6-5-7-14(15)17/h5-8,13,19H,3-4,9-12H2,1-2H3. The number of nitrogens with zero attached hydrogens (tertiary/aromatic N) is 1. The first kappa shape index (κ1) is 18.3. The summed E-state index contributed by atoms with van der Waals surface area (Å²) >= 11 is 7.69.